The van der Waals surface area contributed by atoms with Crippen LogP contribution in [0.15, 0.2) is 28.8 Å². The number of nitrogens with zero attached hydrogens (tertiary/aromatic N) is 3. The SMILES string of the molecule is CCC(C)N(Cc1ccc(-c2noc(C(F)(F)F)n2)cc1)C(=O)C1(F)CC1. The molecule has 9 heteroatoms. The summed E-state index contributed by atoms with van der Waals surface area (Å²) < 4.78 is 56.1. The lowest BCUT2D eigenvalue weighted by molar-refractivity contribution is -0.159. The summed E-state index contributed by atoms with van der Waals surface area (Å²) in [5.74, 6) is -2.09. The average Bonchev–Trinajstić information content (AvgIpc) is 3.18. The first kappa shape index (κ1) is 19.3. The molecule has 0 spiro atoms. The standard InChI is InChI=1S/C18H19F4N3O2/c1-3-11(2)25(16(26)17(19)8-9-17)10-12-4-6-13(7-5-12)14-23-15(27-24-14)18(20,21)22/h4-7,11H,3,8-10H2,1-2H3. The van der Waals surface area contributed by atoms with Crippen molar-refractivity contribution in [3.05, 3.63) is 35.7 Å². The number of carbonyl (C=O) groups excluding carboxylic acids is 1. The minimum absolute atomic E-state index is 0.128. The minimum Gasteiger partial charge on any atom is -0.333 e. The highest BCUT2D eigenvalue weighted by Crippen LogP contribution is 2.42. The normalized spacial score (nSPS) is 16.8. The van der Waals surface area contributed by atoms with Gasteiger partial charge in [0.25, 0.3) is 5.91 Å². The number of alkyl halides is 4. The predicted octanol–water partition coefficient (Wildman–Crippen LogP) is 4.38. The third-order valence-corrected chi connectivity index (χ3v) is 4.69. The van der Waals surface area contributed by atoms with Crippen molar-refractivity contribution in [3.8, 4) is 11.4 Å². The number of amides is 1. The van der Waals surface area contributed by atoms with E-state index in [1.165, 1.54) is 4.90 Å². The molecule has 3 rings (SSSR count). The summed E-state index contributed by atoms with van der Waals surface area (Å²) in [4.78, 5) is 17.3. The van der Waals surface area contributed by atoms with Crippen molar-refractivity contribution in [1.29, 1.82) is 0 Å². The summed E-state index contributed by atoms with van der Waals surface area (Å²) in [7, 11) is 0. The molecule has 0 bridgehead atoms. The highest BCUT2D eigenvalue weighted by molar-refractivity contribution is 5.88. The van der Waals surface area contributed by atoms with E-state index < -0.39 is 23.6 Å². The molecule has 1 amide bonds. The van der Waals surface area contributed by atoms with E-state index in [2.05, 4.69) is 14.7 Å². The van der Waals surface area contributed by atoms with Crippen LogP contribution in [-0.4, -0.2) is 32.7 Å². The number of benzene rings is 1. The van der Waals surface area contributed by atoms with Crippen molar-refractivity contribution >= 4 is 5.91 Å². The van der Waals surface area contributed by atoms with Gasteiger partial charge in [-0.1, -0.05) is 36.3 Å². The molecule has 146 valence electrons. The largest absolute Gasteiger partial charge is 0.471 e. The van der Waals surface area contributed by atoms with Crippen molar-refractivity contribution < 1.29 is 26.9 Å². The molecular weight excluding hydrogens is 366 g/mol. The number of halogens is 4. The van der Waals surface area contributed by atoms with Crippen LogP contribution < -0.4 is 0 Å². The van der Waals surface area contributed by atoms with Gasteiger partial charge in [0.05, 0.1) is 0 Å². The molecule has 0 saturated heterocycles. The molecule has 0 radical (unpaired) electrons. The van der Waals surface area contributed by atoms with Crippen LogP contribution >= 0.6 is 0 Å². The first-order valence-corrected chi connectivity index (χ1v) is 8.64. The first-order valence-electron chi connectivity index (χ1n) is 8.64. The molecule has 1 unspecified atom stereocenters. The average molecular weight is 385 g/mol. The summed E-state index contributed by atoms with van der Waals surface area (Å²) in [5, 5.41) is 3.33. The predicted molar refractivity (Wildman–Crippen MR) is 88.1 cm³/mol. The molecule has 27 heavy (non-hydrogen) atoms. The maximum absolute atomic E-state index is 14.2. The van der Waals surface area contributed by atoms with Crippen LogP contribution in [0.3, 0.4) is 0 Å². The molecule has 5 nitrogen and oxygen atoms in total. The van der Waals surface area contributed by atoms with Crippen molar-refractivity contribution in [2.45, 2.75) is 57.5 Å². The van der Waals surface area contributed by atoms with Crippen LogP contribution in [-0.2, 0) is 17.5 Å². The fourth-order valence-electron chi connectivity index (χ4n) is 2.64. The second-order valence-corrected chi connectivity index (χ2v) is 6.77. The van der Waals surface area contributed by atoms with Crippen LogP contribution in [0.4, 0.5) is 17.6 Å². The van der Waals surface area contributed by atoms with E-state index in [0.29, 0.717) is 12.0 Å². The third-order valence-electron chi connectivity index (χ3n) is 4.69. The Labute approximate surface area is 153 Å². The Bertz CT molecular complexity index is 813. The molecule has 0 N–H and O–H groups in total. The lowest BCUT2D eigenvalue weighted by Gasteiger charge is -2.30. The van der Waals surface area contributed by atoms with Gasteiger partial charge in [-0.05, 0) is 31.7 Å². The minimum atomic E-state index is -4.70. The van der Waals surface area contributed by atoms with E-state index in [1.807, 2.05) is 13.8 Å². The molecule has 1 aliphatic carbocycles. The van der Waals surface area contributed by atoms with Crippen molar-refractivity contribution in [3.63, 3.8) is 0 Å². The van der Waals surface area contributed by atoms with E-state index in [9.17, 15) is 22.4 Å². The van der Waals surface area contributed by atoms with Gasteiger partial charge < -0.3 is 9.42 Å². The molecule has 1 aromatic carbocycles. The zero-order valence-corrected chi connectivity index (χ0v) is 14.9. The smallest absolute Gasteiger partial charge is 0.333 e. The van der Waals surface area contributed by atoms with Gasteiger partial charge in [-0.3, -0.25) is 4.79 Å². The van der Waals surface area contributed by atoms with Gasteiger partial charge in [0.2, 0.25) is 5.82 Å². The molecule has 0 aliphatic heterocycles. The molecule has 1 fully saturated rings. The van der Waals surface area contributed by atoms with E-state index in [1.54, 1.807) is 24.3 Å². The van der Waals surface area contributed by atoms with Crippen molar-refractivity contribution in [2.75, 3.05) is 0 Å². The van der Waals surface area contributed by atoms with E-state index in [0.717, 1.165) is 5.56 Å². The number of rotatable bonds is 6. The summed E-state index contributed by atoms with van der Waals surface area (Å²) in [6.07, 6.45) is -3.52. The summed E-state index contributed by atoms with van der Waals surface area (Å²) in [6.45, 7) is 4.00. The number of carbonyl (C=O) groups is 1. The second-order valence-electron chi connectivity index (χ2n) is 6.77. The van der Waals surface area contributed by atoms with Gasteiger partial charge in [-0.15, -0.1) is 0 Å². The Morgan fingerprint density at radius 3 is 2.41 bits per heavy atom. The zero-order chi connectivity index (χ0) is 19.8. The Hall–Kier alpha value is -2.45. The third kappa shape index (κ3) is 4.12. The number of hydrogen-bond acceptors (Lipinski definition) is 4. The Morgan fingerprint density at radius 2 is 1.93 bits per heavy atom. The molecule has 2 aromatic rings. The molecule has 1 atom stereocenters. The number of hydrogen-bond donors (Lipinski definition) is 0. The van der Waals surface area contributed by atoms with Gasteiger partial charge >= 0.3 is 12.1 Å². The van der Waals surface area contributed by atoms with Crippen molar-refractivity contribution in [1.82, 2.24) is 15.0 Å². The maximum Gasteiger partial charge on any atom is 0.471 e. The van der Waals surface area contributed by atoms with E-state index >= 15 is 0 Å². The first-order chi connectivity index (χ1) is 12.6. The van der Waals surface area contributed by atoms with E-state index in [4.69, 9.17) is 0 Å². The van der Waals surface area contributed by atoms with Crippen LogP contribution in [0.2, 0.25) is 0 Å². The van der Waals surface area contributed by atoms with Crippen molar-refractivity contribution in [2.24, 2.45) is 0 Å². The lowest BCUT2D eigenvalue weighted by Crippen LogP contribution is -2.43. The monoisotopic (exact) mass is 385 g/mol. The van der Waals surface area contributed by atoms with Crippen LogP contribution in [0, 0.1) is 0 Å². The van der Waals surface area contributed by atoms with E-state index in [-0.39, 0.29) is 31.3 Å². The summed E-state index contributed by atoms with van der Waals surface area (Å²) in [5.41, 5.74) is -0.665. The zero-order valence-electron chi connectivity index (χ0n) is 14.9. The highest BCUT2D eigenvalue weighted by atomic mass is 19.4. The van der Waals surface area contributed by atoms with Gasteiger partial charge in [0, 0.05) is 18.2 Å². The van der Waals surface area contributed by atoms with Crippen LogP contribution in [0.5, 0.6) is 0 Å². The molecule has 1 aliphatic rings. The molecule has 1 aromatic heterocycles. The fourth-order valence-corrected chi connectivity index (χ4v) is 2.64. The number of aromatic nitrogens is 2. The summed E-state index contributed by atoms with van der Waals surface area (Å²) >= 11 is 0. The highest BCUT2D eigenvalue weighted by Gasteiger charge is 2.53. The van der Waals surface area contributed by atoms with Gasteiger partial charge in [0.1, 0.15) is 0 Å². The molecular formula is C18H19F4N3O2. The Balaban J connectivity index is 1.76. The van der Waals surface area contributed by atoms with Gasteiger partial charge in [-0.25, -0.2) is 4.39 Å². The molecule has 1 heterocycles. The second kappa shape index (κ2) is 6.94. The lowest BCUT2D eigenvalue weighted by atomic mass is 10.1. The Morgan fingerprint density at radius 1 is 1.30 bits per heavy atom. The fraction of sp³-hybridized carbons (Fsp3) is 0.500. The van der Waals surface area contributed by atoms with Gasteiger partial charge in [-0.2, -0.15) is 18.2 Å². The van der Waals surface area contributed by atoms with Crippen LogP contribution in [0.1, 0.15) is 44.6 Å². The van der Waals surface area contributed by atoms with Crippen LogP contribution in [0.25, 0.3) is 11.4 Å². The summed E-state index contributed by atoms with van der Waals surface area (Å²) in [6, 6.07) is 6.26. The maximum atomic E-state index is 14.2. The van der Waals surface area contributed by atoms with Gasteiger partial charge in [0.15, 0.2) is 5.67 Å². The Kier molecular flexibility index (Phi) is 4.96. The molecule has 1 saturated carbocycles. The topological polar surface area (TPSA) is 59.2 Å². The quantitative estimate of drug-likeness (QED) is 0.693.